The number of carbonyl (C=O) groups is 1. The topological polar surface area (TPSA) is 51.1 Å². The van der Waals surface area contributed by atoms with Gasteiger partial charge in [0.05, 0.1) is 12.8 Å². The number of methoxy groups -OCH3 is 1. The summed E-state index contributed by atoms with van der Waals surface area (Å²) in [5.74, 6) is 0.158. The number of nitrogens with zero attached hydrogens (tertiary/aromatic N) is 2. The molecule has 2 saturated heterocycles. The Morgan fingerprint density at radius 3 is 3.14 bits per heavy atom. The van der Waals surface area contributed by atoms with Crippen LogP contribution in [0.2, 0.25) is 0 Å². The van der Waals surface area contributed by atoms with Gasteiger partial charge in [0.25, 0.3) is 0 Å². The van der Waals surface area contributed by atoms with E-state index in [0.717, 1.165) is 18.8 Å². The molecule has 78 valence electrons. The number of fused-ring (bicyclic) bond motifs is 2. The number of hydrogen-bond donors (Lipinski definition) is 0. The Labute approximate surface area is 82.6 Å². The van der Waals surface area contributed by atoms with E-state index in [1.807, 2.05) is 0 Å². The summed E-state index contributed by atoms with van der Waals surface area (Å²) in [5, 5.41) is 3.97. The minimum Gasteiger partial charge on any atom is -0.466 e. The van der Waals surface area contributed by atoms with Crippen LogP contribution in [0.1, 0.15) is 6.42 Å². The number of carbonyl (C=O) groups excluding carboxylic acids is 1. The zero-order chi connectivity index (χ0) is 9.97. The van der Waals surface area contributed by atoms with Crippen molar-refractivity contribution in [3.8, 4) is 0 Å². The van der Waals surface area contributed by atoms with Crippen molar-refractivity contribution in [1.82, 2.24) is 4.90 Å². The molecule has 5 nitrogen and oxygen atoms in total. The van der Waals surface area contributed by atoms with E-state index in [1.54, 1.807) is 0 Å². The highest BCUT2D eigenvalue weighted by atomic mass is 16.6. The van der Waals surface area contributed by atoms with Crippen molar-refractivity contribution in [1.29, 1.82) is 0 Å². The molecule has 2 heterocycles. The van der Waals surface area contributed by atoms with Crippen molar-refractivity contribution in [3.05, 3.63) is 0 Å². The molecule has 2 aliphatic heterocycles. The van der Waals surface area contributed by atoms with Crippen LogP contribution >= 0.6 is 0 Å². The summed E-state index contributed by atoms with van der Waals surface area (Å²) in [4.78, 5) is 18.0. The predicted molar refractivity (Wildman–Crippen MR) is 50.0 cm³/mol. The first-order valence-corrected chi connectivity index (χ1v) is 4.77. The van der Waals surface area contributed by atoms with Crippen molar-refractivity contribution < 1.29 is 14.4 Å². The molecule has 0 radical (unpaired) electrons. The number of hydrogen-bond acceptors (Lipinski definition) is 5. The normalized spacial score (nSPS) is 32.2. The maximum atomic E-state index is 10.7. The van der Waals surface area contributed by atoms with Gasteiger partial charge in [0.1, 0.15) is 0 Å². The van der Waals surface area contributed by atoms with Gasteiger partial charge in [0.2, 0.25) is 6.61 Å². The standard InChI is InChI=1S/C9H14N2O3/c1-13-9(12)6-14-10-8-5-11-3-2-7(8)4-11/h7H,2-6H2,1H3. The van der Waals surface area contributed by atoms with E-state index in [1.165, 1.54) is 20.1 Å². The lowest BCUT2D eigenvalue weighted by molar-refractivity contribution is -0.145. The fraction of sp³-hybridized carbons (Fsp3) is 0.778. The van der Waals surface area contributed by atoms with Crippen LogP contribution in [0.15, 0.2) is 5.16 Å². The molecule has 5 heteroatoms. The third-order valence-corrected chi connectivity index (χ3v) is 2.72. The fourth-order valence-electron chi connectivity index (χ4n) is 1.94. The summed E-state index contributed by atoms with van der Waals surface area (Å²) in [6.45, 7) is 3.07. The maximum absolute atomic E-state index is 10.7. The van der Waals surface area contributed by atoms with E-state index < -0.39 is 5.97 Å². The summed E-state index contributed by atoms with van der Waals surface area (Å²) >= 11 is 0. The van der Waals surface area contributed by atoms with Gasteiger partial charge in [-0.3, -0.25) is 4.90 Å². The quantitative estimate of drug-likeness (QED) is 0.468. The second-order valence-corrected chi connectivity index (χ2v) is 3.65. The van der Waals surface area contributed by atoms with Crippen molar-refractivity contribution in [3.63, 3.8) is 0 Å². The molecule has 14 heavy (non-hydrogen) atoms. The molecular weight excluding hydrogens is 184 g/mol. The summed E-state index contributed by atoms with van der Waals surface area (Å²) in [7, 11) is 1.34. The van der Waals surface area contributed by atoms with Gasteiger partial charge >= 0.3 is 5.97 Å². The first-order chi connectivity index (χ1) is 6.79. The van der Waals surface area contributed by atoms with Crippen LogP contribution in [0, 0.1) is 5.92 Å². The molecule has 0 amide bonds. The van der Waals surface area contributed by atoms with Crippen molar-refractivity contribution >= 4 is 11.7 Å². The number of rotatable bonds is 3. The Kier molecular flexibility index (Phi) is 2.67. The minimum absolute atomic E-state index is 0.0906. The van der Waals surface area contributed by atoms with Gasteiger partial charge in [-0.1, -0.05) is 5.16 Å². The third-order valence-electron chi connectivity index (χ3n) is 2.72. The highest BCUT2D eigenvalue weighted by molar-refractivity contribution is 5.91. The number of piperidine rings is 1. The molecular formula is C9H14N2O3. The van der Waals surface area contributed by atoms with Gasteiger partial charge in [0, 0.05) is 19.0 Å². The second-order valence-electron chi connectivity index (χ2n) is 3.65. The van der Waals surface area contributed by atoms with E-state index in [2.05, 4.69) is 14.8 Å². The smallest absolute Gasteiger partial charge is 0.346 e. The SMILES string of the molecule is COC(=O)CON=C1CN2CCC1C2. The third kappa shape index (κ3) is 1.87. The number of esters is 1. The molecule has 2 atom stereocenters. The summed E-state index contributed by atoms with van der Waals surface area (Å²) in [6.07, 6.45) is 1.17. The first-order valence-electron chi connectivity index (χ1n) is 4.77. The van der Waals surface area contributed by atoms with Crippen LogP contribution in [0.5, 0.6) is 0 Å². The van der Waals surface area contributed by atoms with E-state index in [9.17, 15) is 4.79 Å². The van der Waals surface area contributed by atoms with Gasteiger partial charge in [-0.2, -0.15) is 0 Å². The summed E-state index contributed by atoms with van der Waals surface area (Å²) < 4.78 is 4.43. The van der Waals surface area contributed by atoms with Gasteiger partial charge in [-0.25, -0.2) is 4.79 Å². The van der Waals surface area contributed by atoms with Crippen molar-refractivity contribution in [2.45, 2.75) is 6.42 Å². The van der Waals surface area contributed by atoms with Crippen LogP contribution in [0.4, 0.5) is 0 Å². The Bertz CT molecular complexity index is 265. The van der Waals surface area contributed by atoms with Crippen LogP contribution in [-0.4, -0.2) is 49.9 Å². The number of oxime groups is 1. The Hall–Kier alpha value is -1.10. The monoisotopic (exact) mass is 198 g/mol. The van der Waals surface area contributed by atoms with Gasteiger partial charge in [-0.15, -0.1) is 0 Å². The first kappa shape index (κ1) is 9.45. The second kappa shape index (κ2) is 3.96. The lowest BCUT2D eigenvalue weighted by atomic mass is 10.0. The zero-order valence-corrected chi connectivity index (χ0v) is 8.23. The van der Waals surface area contributed by atoms with Crippen LogP contribution in [0.25, 0.3) is 0 Å². The van der Waals surface area contributed by atoms with Crippen LogP contribution in [0.3, 0.4) is 0 Å². The molecule has 0 aromatic rings. The molecule has 0 spiro atoms. The predicted octanol–water partition coefficient (Wildman–Crippen LogP) is -0.133. The van der Waals surface area contributed by atoms with Gasteiger partial charge in [0.15, 0.2) is 0 Å². The average Bonchev–Trinajstić information content (AvgIpc) is 2.79. The van der Waals surface area contributed by atoms with Gasteiger partial charge < -0.3 is 9.57 Å². The van der Waals surface area contributed by atoms with E-state index >= 15 is 0 Å². The molecule has 0 saturated carbocycles. The highest BCUT2D eigenvalue weighted by Gasteiger charge is 2.35. The fourth-order valence-corrected chi connectivity index (χ4v) is 1.94. The van der Waals surface area contributed by atoms with Crippen molar-refractivity contribution in [2.24, 2.45) is 11.1 Å². The largest absolute Gasteiger partial charge is 0.466 e. The van der Waals surface area contributed by atoms with Gasteiger partial charge in [-0.05, 0) is 13.0 Å². The molecule has 0 aromatic carbocycles. The Morgan fingerprint density at radius 1 is 1.71 bits per heavy atom. The van der Waals surface area contributed by atoms with Crippen LogP contribution in [-0.2, 0) is 14.4 Å². The molecule has 0 N–H and O–H groups in total. The number of ether oxygens (including phenoxy) is 1. The molecule has 2 rings (SSSR count). The van der Waals surface area contributed by atoms with E-state index in [-0.39, 0.29) is 6.61 Å². The Morgan fingerprint density at radius 2 is 2.57 bits per heavy atom. The molecule has 2 bridgehead atoms. The molecule has 0 aliphatic carbocycles. The summed E-state index contributed by atoms with van der Waals surface area (Å²) in [6, 6.07) is 0. The lowest BCUT2D eigenvalue weighted by Crippen LogP contribution is -2.23. The molecule has 0 aromatic heterocycles. The van der Waals surface area contributed by atoms with E-state index in [4.69, 9.17) is 4.84 Å². The summed E-state index contributed by atoms with van der Waals surface area (Å²) in [5.41, 5.74) is 1.07. The van der Waals surface area contributed by atoms with Crippen molar-refractivity contribution in [2.75, 3.05) is 33.4 Å². The minimum atomic E-state index is -0.391. The zero-order valence-electron chi connectivity index (χ0n) is 8.23. The van der Waals surface area contributed by atoms with E-state index in [0.29, 0.717) is 5.92 Å². The molecule has 2 fully saturated rings. The lowest BCUT2D eigenvalue weighted by Gasteiger charge is -2.12. The van der Waals surface area contributed by atoms with Crippen LogP contribution < -0.4 is 0 Å². The Balaban J connectivity index is 1.79. The molecule has 2 aliphatic rings. The highest BCUT2D eigenvalue weighted by Crippen LogP contribution is 2.25. The maximum Gasteiger partial charge on any atom is 0.346 e. The average molecular weight is 198 g/mol. The molecule has 2 unspecified atom stereocenters.